The van der Waals surface area contributed by atoms with Gasteiger partial charge in [-0.3, -0.25) is 10.2 Å². The molecule has 2 aliphatic heterocycles. The number of anilines is 2. The second kappa shape index (κ2) is 9.84. The molecule has 0 unspecified atom stereocenters. The maximum Gasteiger partial charge on any atom is 0.417 e. The fraction of sp³-hybridized carbons (Fsp3) is 0.320. The number of sulfone groups is 1. The molecule has 1 saturated heterocycles. The summed E-state index contributed by atoms with van der Waals surface area (Å²) in [6, 6.07) is 15.9. The van der Waals surface area contributed by atoms with Crippen LogP contribution in [0.3, 0.4) is 0 Å². The first-order chi connectivity index (χ1) is 17.3. The van der Waals surface area contributed by atoms with Gasteiger partial charge in [0.1, 0.15) is 11.6 Å². The third kappa shape index (κ3) is 5.18. The Morgan fingerprint density at radius 1 is 1.08 bits per heavy atom. The van der Waals surface area contributed by atoms with Gasteiger partial charge < -0.3 is 14.4 Å². The SMILES string of the molecule is CN1Cc2nc(-c3ccc(NC(=O)Oc4ccccc4)cc3)nc(N3CCOC[C@@H]3S(C)(=O)=O)c2C1. The predicted octanol–water partition coefficient (Wildman–Crippen LogP) is 2.91. The number of ether oxygens (including phenoxy) is 2. The summed E-state index contributed by atoms with van der Waals surface area (Å²) in [6.45, 7) is 2.25. The molecule has 10 nitrogen and oxygen atoms in total. The van der Waals surface area contributed by atoms with Crippen molar-refractivity contribution in [2.45, 2.75) is 18.5 Å². The summed E-state index contributed by atoms with van der Waals surface area (Å²) in [5.74, 6) is 1.58. The van der Waals surface area contributed by atoms with Crippen LogP contribution in [0.2, 0.25) is 0 Å². The third-order valence-electron chi connectivity index (χ3n) is 6.11. The molecule has 3 heterocycles. The van der Waals surface area contributed by atoms with Gasteiger partial charge in [-0.05, 0) is 43.4 Å². The molecule has 1 N–H and O–H groups in total. The molecule has 0 radical (unpaired) electrons. The van der Waals surface area contributed by atoms with Gasteiger partial charge in [-0.2, -0.15) is 0 Å². The Kier molecular flexibility index (Phi) is 6.61. The molecule has 2 aromatic carbocycles. The number of morpholine rings is 1. The number of hydrogen-bond donors (Lipinski definition) is 1. The summed E-state index contributed by atoms with van der Waals surface area (Å²) in [7, 11) is -1.40. The maximum absolute atomic E-state index is 12.5. The Bertz CT molecular complexity index is 1370. The molecule has 1 fully saturated rings. The van der Waals surface area contributed by atoms with Crippen molar-refractivity contribution in [2.75, 3.05) is 43.3 Å². The number of para-hydroxylation sites is 1. The molecule has 1 atom stereocenters. The van der Waals surface area contributed by atoms with E-state index in [1.807, 2.05) is 30.1 Å². The van der Waals surface area contributed by atoms with Crippen molar-refractivity contribution >= 4 is 27.4 Å². The number of amides is 1. The van der Waals surface area contributed by atoms with Crippen LogP contribution >= 0.6 is 0 Å². The van der Waals surface area contributed by atoms with E-state index in [9.17, 15) is 13.2 Å². The van der Waals surface area contributed by atoms with E-state index in [1.54, 1.807) is 36.4 Å². The number of nitrogens with one attached hydrogen (secondary N) is 1. The highest BCUT2D eigenvalue weighted by atomic mass is 32.2. The normalized spacial score (nSPS) is 18.1. The van der Waals surface area contributed by atoms with Crippen LogP contribution in [0.15, 0.2) is 54.6 Å². The van der Waals surface area contributed by atoms with E-state index in [0.29, 0.717) is 49.3 Å². The van der Waals surface area contributed by atoms with Gasteiger partial charge >= 0.3 is 6.09 Å². The molecule has 5 rings (SSSR count). The van der Waals surface area contributed by atoms with Gasteiger partial charge in [0.25, 0.3) is 0 Å². The minimum absolute atomic E-state index is 0.0994. The van der Waals surface area contributed by atoms with E-state index >= 15 is 0 Å². The minimum Gasteiger partial charge on any atom is -0.410 e. The zero-order valence-electron chi connectivity index (χ0n) is 20.0. The molecule has 11 heteroatoms. The number of hydrogen-bond acceptors (Lipinski definition) is 9. The van der Waals surface area contributed by atoms with E-state index in [-0.39, 0.29) is 6.61 Å². The molecular weight excluding hydrogens is 482 g/mol. The Hall–Kier alpha value is -3.54. The first-order valence-corrected chi connectivity index (χ1v) is 13.5. The van der Waals surface area contributed by atoms with Gasteiger partial charge in [0, 0.05) is 42.7 Å². The van der Waals surface area contributed by atoms with Crippen LogP contribution < -0.4 is 15.0 Å². The summed E-state index contributed by atoms with van der Waals surface area (Å²) in [6.07, 6.45) is 0.634. The highest BCUT2D eigenvalue weighted by Crippen LogP contribution is 2.33. The highest BCUT2D eigenvalue weighted by molar-refractivity contribution is 7.91. The van der Waals surface area contributed by atoms with Crippen molar-refractivity contribution in [2.24, 2.45) is 0 Å². The number of rotatable bonds is 5. The van der Waals surface area contributed by atoms with Crippen molar-refractivity contribution in [1.29, 1.82) is 0 Å². The van der Waals surface area contributed by atoms with Gasteiger partial charge in [-0.1, -0.05) is 18.2 Å². The van der Waals surface area contributed by atoms with Crippen molar-refractivity contribution < 1.29 is 22.7 Å². The summed E-state index contributed by atoms with van der Waals surface area (Å²) in [5.41, 5.74) is 3.13. The van der Waals surface area contributed by atoms with Crippen LogP contribution in [0.1, 0.15) is 11.3 Å². The van der Waals surface area contributed by atoms with Crippen molar-refractivity contribution in [3.63, 3.8) is 0 Å². The van der Waals surface area contributed by atoms with Crippen LogP contribution in [0.5, 0.6) is 5.75 Å². The Morgan fingerprint density at radius 3 is 2.56 bits per heavy atom. The molecule has 3 aromatic rings. The summed E-state index contributed by atoms with van der Waals surface area (Å²) >= 11 is 0. The lowest BCUT2D eigenvalue weighted by atomic mass is 10.1. The van der Waals surface area contributed by atoms with E-state index in [1.165, 1.54) is 6.26 Å². The first kappa shape index (κ1) is 24.2. The fourth-order valence-corrected chi connectivity index (χ4v) is 5.39. The molecule has 36 heavy (non-hydrogen) atoms. The number of fused-ring (bicyclic) bond motifs is 1. The lowest BCUT2D eigenvalue weighted by molar-refractivity contribution is 0.112. The lowest BCUT2D eigenvalue weighted by Crippen LogP contribution is -2.50. The first-order valence-electron chi connectivity index (χ1n) is 11.5. The number of carbonyl (C=O) groups is 1. The van der Waals surface area contributed by atoms with E-state index in [2.05, 4.69) is 10.2 Å². The van der Waals surface area contributed by atoms with Gasteiger partial charge in [-0.25, -0.2) is 23.2 Å². The molecule has 0 saturated carbocycles. The molecule has 0 aliphatic carbocycles. The zero-order chi connectivity index (χ0) is 25.3. The Morgan fingerprint density at radius 2 is 1.83 bits per heavy atom. The lowest BCUT2D eigenvalue weighted by Gasteiger charge is -2.36. The molecular formula is C25H27N5O5S. The molecule has 2 aliphatic rings. The minimum atomic E-state index is -3.40. The summed E-state index contributed by atoms with van der Waals surface area (Å²) in [5, 5.41) is 1.90. The second-order valence-corrected chi connectivity index (χ2v) is 11.1. The standard InChI is InChI=1S/C25H27N5O5S/c1-29-14-20-21(15-29)27-23(28-24(20)30-12-13-34-16-22(30)36(2,32)33)17-8-10-18(11-9-17)26-25(31)35-19-6-4-3-5-7-19/h3-11,22H,12-16H2,1-2H3,(H,26,31)/t22-/m0/s1. The van der Waals surface area contributed by atoms with Crippen LogP contribution in [0.25, 0.3) is 11.4 Å². The summed E-state index contributed by atoms with van der Waals surface area (Å²) < 4.78 is 35.8. The van der Waals surface area contributed by atoms with Gasteiger partial charge in [0.05, 0.1) is 18.9 Å². The van der Waals surface area contributed by atoms with E-state index in [0.717, 1.165) is 16.8 Å². The molecule has 1 aromatic heterocycles. The topological polar surface area (TPSA) is 114 Å². The van der Waals surface area contributed by atoms with Crippen LogP contribution in [-0.4, -0.2) is 67.8 Å². The molecule has 0 bridgehead atoms. The number of nitrogens with zero attached hydrogens (tertiary/aromatic N) is 4. The quantitative estimate of drug-likeness (QED) is 0.554. The maximum atomic E-state index is 12.5. The second-order valence-electron chi connectivity index (χ2n) is 8.93. The monoisotopic (exact) mass is 509 g/mol. The van der Waals surface area contributed by atoms with Gasteiger partial charge in [0.15, 0.2) is 21.0 Å². The Labute approximate surface area is 209 Å². The Balaban J connectivity index is 1.42. The van der Waals surface area contributed by atoms with E-state index < -0.39 is 21.3 Å². The smallest absolute Gasteiger partial charge is 0.410 e. The molecule has 1 amide bonds. The van der Waals surface area contributed by atoms with Gasteiger partial charge in [0.2, 0.25) is 0 Å². The zero-order valence-corrected chi connectivity index (χ0v) is 20.9. The average molecular weight is 510 g/mol. The number of aromatic nitrogens is 2. The van der Waals surface area contributed by atoms with Crippen molar-refractivity contribution in [1.82, 2.24) is 14.9 Å². The van der Waals surface area contributed by atoms with Crippen molar-refractivity contribution in [3.8, 4) is 17.1 Å². The van der Waals surface area contributed by atoms with Crippen LogP contribution in [0.4, 0.5) is 16.3 Å². The average Bonchev–Trinajstić information content (AvgIpc) is 3.24. The number of carbonyl (C=O) groups excluding carboxylic acids is 1. The highest BCUT2D eigenvalue weighted by Gasteiger charge is 2.36. The van der Waals surface area contributed by atoms with Crippen LogP contribution in [-0.2, 0) is 27.7 Å². The predicted molar refractivity (Wildman–Crippen MR) is 136 cm³/mol. The van der Waals surface area contributed by atoms with E-state index in [4.69, 9.17) is 19.4 Å². The van der Waals surface area contributed by atoms with Gasteiger partial charge in [-0.15, -0.1) is 0 Å². The third-order valence-corrected chi connectivity index (χ3v) is 7.49. The number of benzene rings is 2. The molecule has 188 valence electrons. The summed E-state index contributed by atoms with van der Waals surface area (Å²) in [4.78, 5) is 25.8. The van der Waals surface area contributed by atoms with Crippen molar-refractivity contribution in [3.05, 3.63) is 65.9 Å². The largest absolute Gasteiger partial charge is 0.417 e. The van der Waals surface area contributed by atoms with Crippen LogP contribution in [0, 0.1) is 0 Å². The fourth-order valence-electron chi connectivity index (χ4n) is 4.38. The molecule has 0 spiro atoms.